The SMILES string of the molecule is CC(C(O)C(C)(C)C)S(=O)[O-]. The zero-order chi connectivity index (χ0) is 9.23. The van der Waals surface area contributed by atoms with Crippen LogP contribution in [0.3, 0.4) is 0 Å². The zero-order valence-electron chi connectivity index (χ0n) is 7.33. The molecule has 68 valence electrons. The van der Waals surface area contributed by atoms with E-state index in [0.29, 0.717) is 0 Å². The summed E-state index contributed by atoms with van der Waals surface area (Å²) in [6.07, 6.45) is -0.805. The van der Waals surface area contributed by atoms with Crippen molar-refractivity contribution in [1.82, 2.24) is 0 Å². The Morgan fingerprint density at radius 2 is 1.82 bits per heavy atom. The fourth-order valence-corrected chi connectivity index (χ4v) is 1.43. The van der Waals surface area contributed by atoms with E-state index in [4.69, 9.17) is 0 Å². The van der Waals surface area contributed by atoms with E-state index >= 15 is 0 Å². The molecule has 3 unspecified atom stereocenters. The highest BCUT2D eigenvalue weighted by atomic mass is 32.2. The molecule has 0 radical (unpaired) electrons. The van der Waals surface area contributed by atoms with Crippen LogP contribution in [0.4, 0.5) is 0 Å². The Morgan fingerprint density at radius 3 is 1.91 bits per heavy atom. The van der Waals surface area contributed by atoms with Gasteiger partial charge >= 0.3 is 0 Å². The van der Waals surface area contributed by atoms with E-state index in [1.165, 1.54) is 6.92 Å². The van der Waals surface area contributed by atoms with Gasteiger partial charge in [0, 0.05) is 5.25 Å². The van der Waals surface area contributed by atoms with E-state index < -0.39 is 22.4 Å². The normalized spacial score (nSPS) is 20.9. The molecule has 0 spiro atoms. The fourth-order valence-electron chi connectivity index (χ4n) is 0.809. The molecule has 0 aliphatic rings. The largest absolute Gasteiger partial charge is 0.772 e. The summed E-state index contributed by atoms with van der Waals surface area (Å²) in [5.41, 5.74) is -0.376. The molecule has 0 amide bonds. The first-order valence-corrected chi connectivity index (χ1v) is 4.66. The van der Waals surface area contributed by atoms with Gasteiger partial charge in [-0.15, -0.1) is 0 Å². The summed E-state index contributed by atoms with van der Waals surface area (Å²) in [5, 5.41) is 8.73. The third-order valence-electron chi connectivity index (χ3n) is 1.64. The molecule has 0 aromatic heterocycles. The standard InChI is InChI=1S/C7H16O3S/c1-5(11(9)10)6(8)7(2,3)4/h5-6,8H,1-4H3,(H,9,10)/p-1. The van der Waals surface area contributed by atoms with Crippen LogP contribution in [0, 0.1) is 5.41 Å². The Bertz CT molecular complexity index is 150. The fraction of sp³-hybridized carbons (Fsp3) is 1.00. The van der Waals surface area contributed by atoms with Gasteiger partial charge in [0.25, 0.3) is 0 Å². The highest BCUT2D eigenvalue weighted by Gasteiger charge is 2.27. The average Bonchev–Trinajstić information content (AvgIpc) is 1.82. The smallest absolute Gasteiger partial charge is 0.0717 e. The van der Waals surface area contributed by atoms with Gasteiger partial charge in [-0.2, -0.15) is 0 Å². The van der Waals surface area contributed by atoms with Gasteiger partial charge in [-0.1, -0.05) is 20.8 Å². The summed E-state index contributed by atoms with van der Waals surface area (Å²) >= 11 is -2.19. The molecular weight excluding hydrogens is 164 g/mol. The van der Waals surface area contributed by atoms with Crippen LogP contribution in [0.25, 0.3) is 0 Å². The molecule has 3 nitrogen and oxygen atoms in total. The van der Waals surface area contributed by atoms with Gasteiger partial charge in [-0.25, -0.2) is 0 Å². The third-order valence-corrected chi connectivity index (χ3v) is 2.50. The van der Waals surface area contributed by atoms with Crippen molar-refractivity contribution in [3.05, 3.63) is 0 Å². The lowest BCUT2D eigenvalue weighted by molar-refractivity contribution is 0.0621. The predicted molar refractivity (Wildman–Crippen MR) is 43.8 cm³/mol. The maximum absolute atomic E-state index is 10.4. The van der Waals surface area contributed by atoms with E-state index in [9.17, 15) is 13.9 Å². The van der Waals surface area contributed by atoms with Crippen LogP contribution in [-0.4, -0.2) is 25.2 Å². The number of aliphatic hydroxyl groups excluding tert-OH is 1. The molecule has 0 aromatic rings. The van der Waals surface area contributed by atoms with Crippen LogP contribution >= 0.6 is 0 Å². The number of aliphatic hydroxyl groups is 1. The van der Waals surface area contributed by atoms with Gasteiger partial charge in [0.15, 0.2) is 0 Å². The first-order valence-electron chi connectivity index (χ1n) is 3.53. The van der Waals surface area contributed by atoms with Crippen molar-refractivity contribution in [3.8, 4) is 0 Å². The van der Waals surface area contributed by atoms with Gasteiger partial charge in [-0.3, -0.25) is 4.21 Å². The van der Waals surface area contributed by atoms with E-state index in [1.54, 1.807) is 20.8 Å². The first kappa shape index (κ1) is 11.1. The second kappa shape index (κ2) is 3.65. The lowest BCUT2D eigenvalue weighted by Crippen LogP contribution is -2.38. The number of hydrogen-bond acceptors (Lipinski definition) is 3. The van der Waals surface area contributed by atoms with Crippen LogP contribution < -0.4 is 0 Å². The summed E-state index contributed by atoms with van der Waals surface area (Å²) in [6, 6.07) is 0. The first-order chi connectivity index (χ1) is 4.76. The van der Waals surface area contributed by atoms with E-state index in [0.717, 1.165) is 0 Å². The van der Waals surface area contributed by atoms with Crippen molar-refractivity contribution < 1.29 is 13.9 Å². The van der Waals surface area contributed by atoms with Crippen molar-refractivity contribution in [3.63, 3.8) is 0 Å². The maximum atomic E-state index is 10.4. The minimum Gasteiger partial charge on any atom is -0.772 e. The number of rotatable bonds is 2. The molecule has 3 atom stereocenters. The van der Waals surface area contributed by atoms with Crippen molar-refractivity contribution in [2.24, 2.45) is 5.41 Å². The topological polar surface area (TPSA) is 60.4 Å². The molecule has 1 N–H and O–H groups in total. The quantitative estimate of drug-likeness (QED) is 0.633. The number of hydrogen-bond donors (Lipinski definition) is 1. The molecule has 0 rings (SSSR count). The highest BCUT2D eigenvalue weighted by molar-refractivity contribution is 7.79. The highest BCUT2D eigenvalue weighted by Crippen LogP contribution is 2.23. The monoisotopic (exact) mass is 179 g/mol. The zero-order valence-corrected chi connectivity index (χ0v) is 8.14. The Labute approximate surface area is 70.1 Å². The predicted octanol–water partition coefficient (Wildman–Crippen LogP) is 0.661. The molecular formula is C7H15O3S-. The van der Waals surface area contributed by atoms with Crippen molar-refractivity contribution in [2.75, 3.05) is 0 Å². The summed E-state index contributed by atoms with van der Waals surface area (Å²) in [4.78, 5) is 0. The third kappa shape index (κ3) is 3.31. The van der Waals surface area contributed by atoms with Crippen molar-refractivity contribution >= 4 is 11.1 Å². The minimum atomic E-state index is -2.19. The molecule has 4 heteroatoms. The molecule has 0 aliphatic heterocycles. The van der Waals surface area contributed by atoms with Crippen LogP contribution in [0.5, 0.6) is 0 Å². The molecule has 0 saturated carbocycles. The Hall–Kier alpha value is 0.0700. The van der Waals surface area contributed by atoms with Crippen molar-refractivity contribution in [1.29, 1.82) is 0 Å². The summed E-state index contributed by atoms with van der Waals surface area (Å²) in [6.45, 7) is 6.92. The summed E-state index contributed by atoms with van der Waals surface area (Å²) < 4.78 is 20.9. The second-order valence-corrected chi connectivity index (χ2v) is 5.04. The van der Waals surface area contributed by atoms with Gasteiger partial charge in [0.05, 0.1) is 6.10 Å². The molecule has 11 heavy (non-hydrogen) atoms. The molecule has 0 aliphatic carbocycles. The Balaban J connectivity index is 4.25. The summed E-state index contributed by atoms with van der Waals surface area (Å²) in [5.74, 6) is 0. The van der Waals surface area contributed by atoms with Crippen LogP contribution in [0.15, 0.2) is 0 Å². The molecule has 0 saturated heterocycles. The van der Waals surface area contributed by atoms with Gasteiger partial charge in [-0.05, 0) is 23.4 Å². The van der Waals surface area contributed by atoms with Gasteiger partial charge in [0.2, 0.25) is 0 Å². The van der Waals surface area contributed by atoms with Crippen LogP contribution in [0.2, 0.25) is 0 Å². The molecule has 0 bridgehead atoms. The van der Waals surface area contributed by atoms with E-state index in [1.807, 2.05) is 0 Å². The lowest BCUT2D eigenvalue weighted by Gasteiger charge is -2.31. The van der Waals surface area contributed by atoms with Gasteiger partial charge < -0.3 is 9.66 Å². The second-order valence-electron chi connectivity index (χ2n) is 3.78. The van der Waals surface area contributed by atoms with E-state index in [2.05, 4.69) is 0 Å². The molecule has 0 aromatic carbocycles. The molecule has 0 fully saturated rings. The van der Waals surface area contributed by atoms with Gasteiger partial charge in [0.1, 0.15) is 0 Å². The maximum Gasteiger partial charge on any atom is 0.0717 e. The molecule has 0 heterocycles. The Morgan fingerprint density at radius 1 is 1.45 bits per heavy atom. The summed E-state index contributed by atoms with van der Waals surface area (Å²) in [7, 11) is 0. The van der Waals surface area contributed by atoms with E-state index in [-0.39, 0.29) is 5.41 Å². The Kier molecular flexibility index (Phi) is 3.67. The average molecular weight is 179 g/mol. The minimum absolute atomic E-state index is 0.376. The lowest BCUT2D eigenvalue weighted by atomic mass is 9.87. The van der Waals surface area contributed by atoms with Crippen LogP contribution in [0.1, 0.15) is 27.7 Å². The van der Waals surface area contributed by atoms with Crippen LogP contribution in [-0.2, 0) is 11.1 Å². The van der Waals surface area contributed by atoms with Crippen molar-refractivity contribution in [2.45, 2.75) is 39.0 Å².